The number of rotatable bonds is 1. The summed E-state index contributed by atoms with van der Waals surface area (Å²) in [5.74, 6) is -1.99. The Hall–Kier alpha value is -3.94. The van der Waals surface area contributed by atoms with Gasteiger partial charge in [-0.05, 0) is 19.1 Å². The standard InChI is InChI=1S/C21H15N3O5/c1-10-22-18-16(21(29)23(10)24(11(2)25)12(3)26)9-8-15-17(18)20(28)14-7-5-4-6-13(14)19(15)27/h4-9H,1-3H3. The Bertz CT molecular complexity index is 1320. The van der Waals surface area contributed by atoms with Gasteiger partial charge in [0, 0.05) is 30.5 Å². The van der Waals surface area contributed by atoms with Gasteiger partial charge in [-0.25, -0.2) is 4.98 Å². The van der Waals surface area contributed by atoms with E-state index in [1.54, 1.807) is 24.3 Å². The molecule has 1 heterocycles. The highest BCUT2D eigenvalue weighted by molar-refractivity contribution is 6.31. The number of amides is 2. The van der Waals surface area contributed by atoms with Gasteiger partial charge in [0.25, 0.3) is 5.56 Å². The Morgan fingerprint density at radius 2 is 1.45 bits per heavy atom. The van der Waals surface area contributed by atoms with Crippen LogP contribution in [-0.2, 0) is 9.59 Å². The summed E-state index contributed by atoms with van der Waals surface area (Å²) in [5.41, 5.74) is 0.154. The smallest absolute Gasteiger partial charge is 0.280 e. The number of aryl methyl sites for hydroxylation is 1. The molecule has 1 aliphatic carbocycles. The summed E-state index contributed by atoms with van der Waals surface area (Å²) in [7, 11) is 0. The molecule has 2 amide bonds. The van der Waals surface area contributed by atoms with Gasteiger partial charge in [-0.2, -0.15) is 9.69 Å². The quantitative estimate of drug-likeness (QED) is 0.489. The van der Waals surface area contributed by atoms with Crippen LogP contribution in [0.5, 0.6) is 0 Å². The number of hydrogen-bond acceptors (Lipinski definition) is 6. The Balaban J connectivity index is 2.07. The van der Waals surface area contributed by atoms with Crippen LogP contribution in [0, 0.1) is 6.92 Å². The molecule has 0 bridgehead atoms. The van der Waals surface area contributed by atoms with Crippen molar-refractivity contribution in [1.82, 2.24) is 9.66 Å². The predicted octanol–water partition coefficient (Wildman–Crippen LogP) is 1.51. The molecule has 29 heavy (non-hydrogen) atoms. The minimum atomic E-state index is -0.681. The van der Waals surface area contributed by atoms with E-state index in [2.05, 4.69) is 4.98 Å². The SMILES string of the molecule is CC(=O)N(C(C)=O)n1c(C)nc2c3c(ccc2c1=O)C(=O)c1ccccc1C3=O. The molecular weight excluding hydrogens is 374 g/mol. The molecule has 0 unspecified atom stereocenters. The highest BCUT2D eigenvalue weighted by Gasteiger charge is 2.33. The van der Waals surface area contributed by atoms with E-state index in [9.17, 15) is 24.0 Å². The first-order chi connectivity index (χ1) is 13.7. The lowest BCUT2D eigenvalue weighted by molar-refractivity contribution is -0.126. The lowest BCUT2D eigenvalue weighted by Crippen LogP contribution is -2.49. The van der Waals surface area contributed by atoms with Crippen LogP contribution in [0.3, 0.4) is 0 Å². The average molecular weight is 389 g/mol. The minimum absolute atomic E-state index is 0.0300. The number of nitrogens with zero attached hydrogens (tertiary/aromatic N) is 3. The highest BCUT2D eigenvalue weighted by atomic mass is 16.2. The lowest BCUT2D eigenvalue weighted by Gasteiger charge is -2.23. The number of imide groups is 1. The number of ketones is 2. The fraction of sp³-hybridized carbons (Fsp3) is 0.143. The molecule has 0 saturated carbocycles. The van der Waals surface area contributed by atoms with Gasteiger partial charge in [0.05, 0.1) is 16.5 Å². The average Bonchev–Trinajstić information content (AvgIpc) is 2.67. The fourth-order valence-corrected chi connectivity index (χ4v) is 3.67. The number of aromatic nitrogens is 2. The Labute approximate surface area is 164 Å². The zero-order valence-corrected chi connectivity index (χ0v) is 15.8. The maximum absolute atomic E-state index is 13.1. The number of carbonyl (C=O) groups excluding carboxylic acids is 4. The first-order valence-electron chi connectivity index (χ1n) is 8.80. The van der Waals surface area contributed by atoms with Crippen molar-refractivity contribution in [3.05, 3.63) is 74.8 Å². The predicted molar refractivity (Wildman–Crippen MR) is 104 cm³/mol. The normalized spacial score (nSPS) is 12.5. The largest absolute Gasteiger partial charge is 0.289 e. The van der Waals surface area contributed by atoms with Crippen LogP contribution in [0.15, 0.2) is 41.2 Å². The maximum Gasteiger partial charge on any atom is 0.280 e. The van der Waals surface area contributed by atoms with Crippen LogP contribution in [0.1, 0.15) is 51.5 Å². The van der Waals surface area contributed by atoms with Gasteiger partial charge in [0.2, 0.25) is 11.8 Å². The second kappa shape index (κ2) is 6.30. The van der Waals surface area contributed by atoms with Gasteiger partial charge in [0.1, 0.15) is 5.82 Å². The van der Waals surface area contributed by atoms with Crippen LogP contribution < -0.4 is 10.6 Å². The van der Waals surface area contributed by atoms with Crippen molar-refractivity contribution in [3.8, 4) is 0 Å². The van der Waals surface area contributed by atoms with E-state index in [0.717, 1.165) is 18.5 Å². The second-order valence-corrected chi connectivity index (χ2v) is 6.71. The third-order valence-electron chi connectivity index (χ3n) is 4.87. The molecule has 2 aromatic carbocycles. The van der Waals surface area contributed by atoms with E-state index in [1.165, 1.54) is 19.1 Å². The van der Waals surface area contributed by atoms with Crippen LogP contribution in [0.25, 0.3) is 10.9 Å². The molecule has 0 fully saturated rings. The molecular formula is C21H15N3O5. The van der Waals surface area contributed by atoms with E-state index in [0.29, 0.717) is 10.6 Å². The molecule has 0 atom stereocenters. The zero-order chi connectivity index (χ0) is 21.0. The fourth-order valence-electron chi connectivity index (χ4n) is 3.67. The summed E-state index contributed by atoms with van der Waals surface area (Å²) in [6, 6.07) is 9.26. The van der Waals surface area contributed by atoms with Gasteiger partial charge in [-0.3, -0.25) is 24.0 Å². The summed E-state index contributed by atoms with van der Waals surface area (Å²) in [4.78, 5) is 67.2. The summed E-state index contributed by atoms with van der Waals surface area (Å²) in [6.07, 6.45) is 0. The van der Waals surface area contributed by atoms with Crippen molar-refractivity contribution >= 4 is 34.3 Å². The molecule has 4 rings (SSSR count). The van der Waals surface area contributed by atoms with Crippen LogP contribution in [0.2, 0.25) is 0 Å². The van der Waals surface area contributed by atoms with Gasteiger partial charge in [0.15, 0.2) is 11.6 Å². The van der Waals surface area contributed by atoms with Gasteiger partial charge in [-0.1, -0.05) is 24.3 Å². The van der Waals surface area contributed by atoms with Crippen molar-refractivity contribution in [2.45, 2.75) is 20.8 Å². The van der Waals surface area contributed by atoms with Gasteiger partial charge >= 0.3 is 0 Å². The number of hydrogen-bond donors (Lipinski definition) is 0. The third kappa shape index (κ3) is 2.53. The molecule has 0 saturated heterocycles. The lowest BCUT2D eigenvalue weighted by atomic mass is 9.83. The first-order valence-corrected chi connectivity index (χ1v) is 8.80. The van der Waals surface area contributed by atoms with Crippen molar-refractivity contribution in [1.29, 1.82) is 0 Å². The Morgan fingerprint density at radius 1 is 0.862 bits per heavy atom. The van der Waals surface area contributed by atoms with Crippen molar-refractivity contribution in [2.24, 2.45) is 0 Å². The van der Waals surface area contributed by atoms with Crippen molar-refractivity contribution < 1.29 is 19.2 Å². The van der Waals surface area contributed by atoms with Crippen LogP contribution in [0.4, 0.5) is 0 Å². The summed E-state index contributed by atoms with van der Waals surface area (Å²) < 4.78 is 0.877. The van der Waals surface area contributed by atoms with E-state index in [-0.39, 0.29) is 39.2 Å². The van der Waals surface area contributed by atoms with E-state index in [1.807, 2.05) is 0 Å². The number of benzene rings is 2. The number of fused-ring (bicyclic) bond motifs is 4. The van der Waals surface area contributed by atoms with E-state index in [4.69, 9.17) is 0 Å². The molecule has 8 nitrogen and oxygen atoms in total. The third-order valence-corrected chi connectivity index (χ3v) is 4.87. The summed E-state index contributed by atoms with van der Waals surface area (Å²) in [6.45, 7) is 3.76. The Morgan fingerprint density at radius 3 is 2.03 bits per heavy atom. The van der Waals surface area contributed by atoms with Gasteiger partial charge in [-0.15, -0.1) is 0 Å². The number of carbonyl (C=O) groups is 4. The summed E-state index contributed by atoms with van der Waals surface area (Å²) in [5, 5.41) is 0.716. The van der Waals surface area contributed by atoms with E-state index < -0.39 is 23.2 Å². The molecule has 0 radical (unpaired) electrons. The topological polar surface area (TPSA) is 106 Å². The maximum atomic E-state index is 13.1. The zero-order valence-electron chi connectivity index (χ0n) is 15.8. The Kier molecular flexibility index (Phi) is 4.00. The molecule has 1 aromatic heterocycles. The molecule has 0 aliphatic heterocycles. The highest BCUT2D eigenvalue weighted by Crippen LogP contribution is 2.31. The second-order valence-electron chi connectivity index (χ2n) is 6.71. The monoisotopic (exact) mass is 389 g/mol. The minimum Gasteiger partial charge on any atom is -0.289 e. The van der Waals surface area contributed by atoms with Crippen LogP contribution >= 0.6 is 0 Å². The molecule has 144 valence electrons. The van der Waals surface area contributed by atoms with Crippen molar-refractivity contribution in [3.63, 3.8) is 0 Å². The van der Waals surface area contributed by atoms with Crippen LogP contribution in [-0.4, -0.2) is 33.0 Å². The molecule has 0 spiro atoms. The summed E-state index contributed by atoms with van der Waals surface area (Å²) >= 11 is 0. The van der Waals surface area contributed by atoms with Gasteiger partial charge < -0.3 is 0 Å². The molecule has 1 aliphatic rings. The molecule has 0 N–H and O–H groups in total. The van der Waals surface area contributed by atoms with Crippen molar-refractivity contribution in [2.75, 3.05) is 5.01 Å². The molecule has 8 heteroatoms. The van der Waals surface area contributed by atoms with E-state index >= 15 is 0 Å². The first kappa shape index (κ1) is 18.4. The molecule has 3 aromatic rings.